The summed E-state index contributed by atoms with van der Waals surface area (Å²) in [6.07, 6.45) is 4.49. The van der Waals surface area contributed by atoms with Crippen molar-refractivity contribution in [2.75, 3.05) is 11.9 Å². The molecule has 0 saturated heterocycles. The van der Waals surface area contributed by atoms with E-state index in [-0.39, 0.29) is 0 Å². The average Bonchev–Trinajstić information content (AvgIpc) is 2.56. The number of benzene rings is 1. The van der Waals surface area contributed by atoms with Crippen LogP contribution in [0.3, 0.4) is 0 Å². The molecule has 0 amide bonds. The van der Waals surface area contributed by atoms with E-state index in [1.165, 1.54) is 5.56 Å². The number of aromatic nitrogens is 3. The molecule has 2 aromatic heterocycles. The maximum absolute atomic E-state index is 6.10. The quantitative estimate of drug-likeness (QED) is 0.727. The minimum Gasteiger partial charge on any atom is -0.370 e. The Morgan fingerprint density at radius 3 is 2.50 bits per heavy atom. The summed E-state index contributed by atoms with van der Waals surface area (Å²) in [5.41, 5.74) is 2.17. The highest BCUT2D eigenvalue weighted by atomic mass is 35.5. The zero-order valence-corrected chi connectivity index (χ0v) is 12.7. The Labute approximate surface area is 134 Å². The summed E-state index contributed by atoms with van der Waals surface area (Å²) in [6, 6.07) is 15.5. The molecule has 0 aliphatic carbocycles. The Balaban J connectivity index is 1.70. The van der Waals surface area contributed by atoms with Gasteiger partial charge in [-0.15, -0.1) is 0 Å². The molecule has 1 aromatic carbocycles. The predicted molar refractivity (Wildman–Crippen MR) is 88.9 cm³/mol. The molecule has 0 aliphatic rings. The fourth-order valence-electron chi connectivity index (χ4n) is 2.11. The first kappa shape index (κ1) is 14.5. The fraction of sp³-hybridized carbons (Fsp3) is 0.118. The van der Waals surface area contributed by atoms with E-state index in [1.807, 2.05) is 42.5 Å². The maximum atomic E-state index is 6.10. The fourth-order valence-corrected chi connectivity index (χ4v) is 2.29. The topological polar surface area (TPSA) is 50.7 Å². The summed E-state index contributed by atoms with van der Waals surface area (Å²) in [5, 5.41) is 3.72. The summed E-state index contributed by atoms with van der Waals surface area (Å²) in [6.45, 7) is 0.769. The van der Waals surface area contributed by atoms with Crippen molar-refractivity contribution in [2.45, 2.75) is 6.42 Å². The van der Waals surface area contributed by atoms with Crippen molar-refractivity contribution in [1.82, 2.24) is 15.0 Å². The summed E-state index contributed by atoms with van der Waals surface area (Å²) in [4.78, 5) is 12.8. The van der Waals surface area contributed by atoms with E-state index in [0.29, 0.717) is 11.0 Å². The Morgan fingerprint density at radius 2 is 1.73 bits per heavy atom. The van der Waals surface area contributed by atoms with E-state index in [4.69, 9.17) is 11.6 Å². The smallest absolute Gasteiger partial charge is 0.163 e. The Kier molecular flexibility index (Phi) is 4.61. The van der Waals surface area contributed by atoms with Gasteiger partial charge in [0.2, 0.25) is 0 Å². The molecule has 0 unspecified atom stereocenters. The second-order valence-electron chi connectivity index (χ2n) is 4.80. The van der Waals surface area contributed by atoms with Gasteiger partial charge < -0.3 is 5.32 Å². The van der Waals surface area contributed by atoms with Crippen LogP contribution in [0.5, 0.6) is 0 Å². The van der Waals surface area contributed by atoms with Gasteiger partial charge in [-0.2, -0.15) is 0 Å². The molecule has 0 bridgehead atoms. The number of anilines is 1. The van der Waals surface area contributed by atoms with E-state index in [9.17, 15) is 0 Å². The SMILES string of the molecule is Clc1cc(NCCc2ccncc2)nc(-c2ccccc2)n1. The Morgan fingerprint density at radius 1 is 0.955 bits per heavy atom. The molecule has 4 nitrogen and oxygen atoms in total. The third-order valence-electron chi connectivity index (χ3n) is 3.20. The summed E-state index contributed by atoms with van der Waals surface area (Å²) < 4.78 is 0. The largest absolute Gasteiger partial charge is 0.370 e. The van der Waals surface area contributed by atoms with Crippen LogP contribution in [0.2, 0.25) is 5.15 Å². The summed E-state index contributed by atoms with van der Waals surface area (Å²) >= 11 is 6.10. The van der Waals surface area contributed by atoms with Crippen molar-refractivity contribution in [3.05, 3.63) is 71.6 Å². The molecule has 1 N–H and O–H groups in total. The molecule has 0 fully saturated rings. The normalized spacial score (nSPS) is 10.4. The number of rotatable bonds is 5. The van der Waals surface area contributed by atoms with E-state index < -0.39 is 0 Å². The molecule has 5 heteroatoms. The molecule has 0 radical (unpaired) electrons. The van der Waals surface area contributed by atoms with Gasteiger partial charge in [0.25, 0.3) is 0 Å². The van der Waals surface area contributed by atoms with E-state index in [2.05, 4.69) is 20.3 Å². The van der Waals surface area contributed by atoms with Crippen LogP contribution in [0.25, 0.3) is 11.4 Å². The molecule has 0 aliphatic heterocycles. The zero-order chi connectivity index (χ0) is 15.2. The molecular formula is C17H15ClN4. The molecule has 110 valence electrons. The number of nitrogens with zero attached hydrogens (tertiary/aromatic N) is 3. The van der Waals surface area contributed by atoms with Crippen LogP contribution in [0.4, 0.5) is 5.82 Å². The first-order valence-electron chi connectivity index (χ1n) is 7.04. The molecule has 0 saturated carbocycles. The molecule has 0 atom stereocenters. The summed E-state index contributed by atoms with van der Waals surface area (Å²) in [7, 11) is 0. The summed E-state index contributed by atoms with van der Waals surface area (Å²) in [5.74, 6) is 1.35. The van der Waals surface area contributed by atoms with Crippen molar-refractivity contribution in [1.29, 1.82) is 0 Å². The number of pyridine rings is 1. The van der Waals surface area contributed by atoms with Gasteiger partial charge in [-0.05, 0) is 24.1 Å². The van der Waals surface area contributed by atoms with Crippen molar-refractivity contribution in [2.24, 2.45) is 0 Å². The lowest BCUT2D eigenvalue weighted by Crippen LogP contribution is -2.07. The zero-order valence-electron chi connectivity index (χ0n) is 11.9. The number of hydrogen-bond donors (Lipinski definition) is 1. The third kappa shape index (κ3) is 3.80. The highest BCUT2D eigenvalue weighted by Crippen LogP contribution is 2.19. The van der Waals surface area contributed by atoms with E-state index >= 15 is 0 Å². The van der Waals surface area contributed by atoms with Crippen molar-refractivity contribution < 1.29 is 0 Å². The highest BCUT2D eigenvalue weighted by Gasteiger charge is 2.05. The van der Waals surface area contributed by atoms with Gasteiger partial charge in [-0.1, -0.05) is 41.9 Å². The molecule has 2 heterocycles. The van der Waals surface area contributed by atoms with Crippen molar-refractivity contribution in [3.8, 4) is 11.4 Å². The number of nitrogens with one attached hydrogen (secondary N) is 1. The third-order valence-corrected chi connectivity index (χ3v) is 3.39. The second kappa shape index (κ2) is 7.00. The maximum Gasteiger partial charge on any atom is 0.163 e. The lowest BCUT2D eigenvalue weighted by molar-refractivity contribution is 0.995. The van der Waals surface area contributed by atoms with Crippen LogP contribution in [-0.4, -0.2) is 21.5 Å². The Hall–Kier alpha value is -2.46. The minimum absolute atomic E-state index is 0.431. The second-order valence-corrected chi connectivity index (χ2v) is 5.19. The standard InChI is InChI=1S/C17H15ClN4/c18-15-12-16(20-11-8-13-6-9-19-10-7-13)22-17(21-15)14-4-2-1-3-5-14/h1-7,9-10,12H,8,11H2,(H,20,21,22). The number of hydrogen-bond acceptors (Lipinski definition) is 4. The highest BCUT2D eigenvalue weighted by molar-refractivity contribution is 6.29. The van der Waals surface area contributed by atoms with Crippen LogP contribution in [0, 0.1) is 0 Å². The molecular weight excluding hydrogens is 296 g/mol. The van der Waals surface area contributed by atoms with Gasteiger partial charge in [-0.25, -0.2) is 9.97 Å². The predicted octanol–water partition coefficient (Wildman–Crippen LogP) is 3.85. The monoisotopic (exact) mass is 310 g/mol. The Bertz CT molecular complexity index is 732. The average molecular weight is 311 g/mol. The number of halogens is 1. The van der Waals surface area contributed by atoms with Crippen LogP contribution in [0.15, 0.2) is 60.9 Å². The van der Waals surface area contributed by atoms with Crippen LogP contribution >= 0.6 is 11.6 Å². The van der Waals surface area contributed by atoms with E-state index in [1.54, 1.807) is 18.5 Å². The lowest BCUT2D eigenvalue weighted by atomic mass is 10.2. The first-order valence-corrected chi connectivity index (χ1v) is 7.42. The molecule has 22 heavy (non-hydrogen) atoms. The molecule has 3 rings (SSSR count). The van der Waals surface area contributed by atoms with Gasteiger partial charge in [-0.3, -0.25) is 4.98 Å². The lowest BCUT2D eigenvalue weighted by Gasteiger charge is -2.08. The first-order chi connectivity index (χ1) is 10.8. The van der Waals surface area contributed by atoms with Crippen LogP contribution in [0.1, 0.15) is 5.56 Å². The van der Waals surface area contributed by atoms with Crippen molar-refractivity contribution >= 4 is 17.4 Å². The molecule has 0 spiro atoms. The van der Waals surface area contributed by atoms with E-state index in [0.717, 1.165) is 24.3 Å². The van der Waals surface area contributed by atoms with Crippen LogP contribution in [-0.2, 0) is 6.42 Å². The van der Waals surface area contributed by atoms with Crippen LogP contribution < -0.4 is 5.32 Å². The van der Waals surface area contributed by atoms with Gasteiger partial charge in [0.1, 0.15) is 11.0 Å². The van der Waals surface area contributed by atoms with Gasteiger partial charge in [0, 0.05) is 30.6 Å². The van der Waals surface area contributed by atoms with Gasteiger partial charge in [0.15, 0.2) is 5.82 Å². The van der Waals surface area contributed by atoms with Gasteiger partial charge in [0.05, 0.1) is 0 Å². The van der Waals surface area contributed by atoms with Gasteiger partial charge >= 0.3 is 0 Å². The van der Waals surface area contributed by atoms with Crippen molar-refractivity contribution in [3.63, 3.8) is 0 Å². The molecule has 3 aromatic rings. The minimum atomic E-state index is 0.431.